The lowest BCUT2D eigenvalue weighted by Crippen LogP contribution is -2.39. The lowest BCUT2D eigenvalue weighted by atomic mass is 10.1. The van der Waals surface area contributed by atoms with Gasteiger partial charge in [-0.2, -0.15) is 5.26 Å². The first-order valence-corrected chi connectivity index (χ1v) is 3.85. The van der Waals surface area contributed by atoms with Gasteiger partial charge < -0.3 is 10.1 Å². The minimum absolute atomic E-state index is 0.185. The third kappa shape index (κ3) is 3.35. The van der Waals surface area contributed by atoms with Gasteiger partial charge in [-0.15, -0.1) is 0 Å². The zero-order valence-electron chi connectivity index (χ0n) is 7.63. The molecule has 12 heavy (non-hydrogen) atoms. The van der Waals surface area contributed by atoms with E-state index in [0.717, 1.165) is 0 Å². The number of carbonyl (C=O) groups excluding carboxylic acids is 1. The Labute approximate surface area is 72.5 Å². The van der Waals surface area contributed by atoms with Crippen LogP contribution in [0.1, 0.15) is 20.3 Å². The molecule has 0 saturated heterocycles. The fourth-order valence-corrected chi connectivity index (χ4v) is 0.897. The van der Waals surface area contributed by atoms with Crippen molar-refractivity contribution in [3.8, 4) is 6.07 Å². The van der Waals surface area contributed by atoms with Gasteiger partial charge in [0.25, 0.3) is 0 Å². The van der Waals surface area contributed by atoms with Crippen LogP contribution in [0.5, 0.6) is 0 Å². The molecule has 0 saturated carbocycles. The van der Waals surface area contributed by atoms with E-state index >= 15 is 0 Å². The SMILES string of the molecule is CC[C@@H](C#N)[C@@H](NC(C)=O)OC. The molecule has 1 amide bonds. The Hall–Kier alpha value is -1.08. The van der Waals surface area contributed by atoms with Gasteiger partial charge in [-0.3, -0.25) is 4.79 Å². The highest BCUT2D eigenvalue weighted by Crippen LogP contribution is 2.07. The van der Waals surface area contributed by atoms with Crippen molar-refractivity contribution in [2.75, 3.05) is 7.11 Å². The fraction of sp³-hybridized carbons (Fsp3) is 0.750. The smallest absolute Gasteiger partial charge is 0.218 e. The van der Waals surface area contributed by atoms with Crippen LogP contribution in [0.25, 0.3) is 0 Å². The summed E-state index contributed by atoms with van der Waals surface area (Å²) in [4.78, 5) is 10.6. The standard InChI is InChI=1S/C8H14N2O2/c1-4-7(5-9)8(12-3)10-6(2)11/h7-8H,4H2,1-3H3,(H,10,11)/t7-,8-/m0/s1. The van der Waals surface area contributed by atoms with Crippen LogP contribution in [0.2, 0.25) is 0 Å². The van der Waals surface area contributed by atoms with Crippen LogP contribution < -0.4 is 5.32 Å². The summed E-state index contributed by atoms with van der Waals surface area (Å²) in [5, 5.41) is 11.2. The van der Waals surface area contributed by atoms with Crippen molar-refractivity contribution in [1.82, 2.24) is 5.32 Å². The van der Waals surface area contributed by atoms with E-state index in [-0.39, 0.29) is 11.8 Å². The lowest BCUT2D eigenvalue weighted by Gasteiger charge is -2.19. The number of nitrogens with zero attached hydrogens (tertiary/aromatic N) is 1. The van der Waals surface area contributed by atoms with Crippen LogP contribution in [0.15, 0.2) is 0 Å². The van der Waals surface area contributed by atoms with Crippen LogP contribution in [0, 0.1) is 17.2 Å². The second-order valence-corrected chi connectivity index (χ2v) is 2.50. The van der Waals surface area contributed by atoms with Gasteiger partial charge in [0.15, 0.2) is 0 Å². The number of ether oxygens (including phenoxy) is 1. The Kier molecular flexibility index (Phi) is 5.06. The molecule has 0 aromatic heterocycles. The van der Waals surface area contributed by atoms with Crippen molar-refractivity contribution in [2.45, 2.75) is 26.5 Å². The first-order chi connectivity index (χ1) is 5.65. The largest absolute Gasteiger partial charge is 0.360 e. The van der Waals surface area contributed by atoms with Gasteiger partial charge in [0.05, 0.1) is 12.0 Å². The summed E-state index contributed by atoms with van der Waals surface area (Å²) in [6.07, 6.45) is 0.174. The molecule has 68 valence electrons. The number of hydrogen-bond acceptors (Lipinski definition) is 3. The topological polar surface area (TPSA) is 62.1 Å². The molecule has 0 aliphatic heterocycles. The van der Waals surface area contributed by atoms with Crippen molar-refractivity contribution < 1.29 is 9.53 Å². The molecule has 0 fully saturated rings. The minimum Gasteiger partial charge on any atom is -0.360 e. The number of nitriles is 1. The van der Waals surface area contributed by atoms with Gasteiger partial charge in [0.1, 0.15) is 6.23 Å². The minimum atomic E-state index is -0.488. The molecule has 0 spiro atoms. The molecule has 0 unspecified atom stereocenters. The van der Waals surface area contributed by atoms with Crippen molar-refractivity contribution in [3.05, 3.63) is 0 Å². The van der Waals surface area contributed by atoms with Gasteiger partial charge >= 0.3 is 0 Å². The molecule has 0 aromatic carbocycles. The van der Waals surface area contributed by atoms with E-state index < -0.39 is 6.23 Å². The predicted octanol–water partition coefficient (Wildman–Crippen LogP) is 0.645. The summed E-state index contributed by atoms with van der Waals surface area (Å²) in [5.74, 6) is -0.463. The van der Waals surface area contributed by atoms with E-state index in [0.29, 0.717) is 6.42 Å². The third-order valence-corrected chi connectivity index (χ3v) is 1.57. The molecule has 0 rings (SSSR count). The number of rotatable bonds is 4. The zero-order valence-corrected chi connectivity index (χ0v) is 7.63. The molecular formula is C8H14N2O2. The van der Waals surface area contributed by atoms with E-state index in [9.17, 15) is 4.79 Å². The monoisotopic (exact) mass is 170 g/mol. The Bertz CT molecular complexity index is 186. The summed E-state index contributed by atoms with van der Waals surface area (Å²) < 4.78 is 4.95. The van der Waals surface area contributed by atoms with Crippen molar-refractivity contribution >= 4 is 5.91 Å². The molecule has 2 atom stereocenters. The van der Waals surface area contributed by atoms with Crippen molar-refractivity contribution in [3.63, 3.8) is 0 Å². The number of amides is 1. The molecule has 1 N–H and O–H groups in total. The quantitative estimate of drug-likeness (QED) is 0.630. The van der Waals surface area contributed by atoms with Crippen molar-refractivity contribution in [2.24, 2.45) is 5.92 Å². The molecule has 0 aliphatic rings. The summed E-state index contributed by atoms with van der Waals surface area (Å²) in [6, 6.07) is 2.07. The molecule has 4 heteroatoms. The second kappa shape index (κ2) is 5.56. The highest BCUT2D eigenvalue weighted by atomic mass is 16.5. The third-order valence-electron chi connectivity index (χ3n) is 1.57. The van der Waals surface area contributed by atoms with Gasteiger partial charge in [-0.25, -0.2) is 0 Å². The fourth-order valence-electron chi connectivity index (χ4n) is 0.897. The molecule has 4 nitrogen and oxygen atoms in total. The van der Waals surface area contributed by atoms with Crippen LogP contribution in [-0.2, 0) is 9.53 Å². The maximum atomic E-state index is 10.6. The highest BCUT2D eigenvalue weighted by Gasteiger charge is 2.19. The predicted molar refractivity (Wildman–Crippen MR) is 44.0 cm³/mol. The average molecular weight is 170 g/mol. The van der Waals surface area contributed by atoms with Crippen LogP contribution in [0.3, 0.4) is 0 Å². The van der Waals surface area contributed by atoms with E-state index in [4.69, 9.17) is 10.00 Å². The van der Waals surface area contributed by atoms with E-state index in [1.165, 1.54) is 14.0 Å². The molecule has 0 aromatic rings. The summed E-state index contributed by atoms with van der Waals surface area (Å²) >= 11 is 0. The van der Waals surface area contributed by atoms with Crippen LogP contribution >= 0.6 is 0 Å². The number of nitrogens with one attached hydrogen (secondary N) is 1. The summed E-state index contributed by atoms with van der Waals surface area (Å²) in [5.41, 5.74) is 0. The summed E-state index contributed by atoms with van der Waals surface area (Å²) in [7, 11) is 1.47. The molecule has 0 bridgehead atoms. The first-order valence-electron chi connectivity index (χ1n) is 3.85. The molecule has 0 heterocycles. The van der Waals surface area contributed by atoms with Gasteiger partial charge in [-0.1, -0.05) is 6.92 Å². The Balaban J connectivity index is 4.13. The molecule has 0 aliphatic carbocycles. The Morgan fingerprint density at radius 3 is 2.58 bits per heavy atom. The maximum absolute atomic E-state index is 10.6. The van der Waals surface area contributed by atoms with Gasteiger partial charge in [0.2, 0.25) is 5.91 Å². The van der Waals surface area contributed by atoms with Crippen LogP contribution in [-0.4, -0.2) is 19.2 Å². The average Bonchev–Trinajstić information content (AvgIpc) is 2.04. The normalized spacial score (nSPS) is 14.5. The van der Waals surface area contributed by atoms with Gasteiger partial charge in [-0.05, 0) is 6.42 Å². The summed E-state index contributed by atoms with van der Waals surface area (Å²) in [6.45, 7) is 3.28. The lowest BCUT2D eigenvalue weighted by molar-refractivity contribution is -0.123. The van der Waals surface area contributed by atoms with Gasteiger partial charge in [0, 0.05) is 14.0 Å². The number of hydrogen-bond donors (Lipinski definition) is 1. The Morgan fingerprint density at radius 1 is 1.75 bits per heavy atom. The van der Waals surface area contributed by atoms with Crippen molar-refractivity contribution in [1.29, 1.82) is 5.26 Å². The zero-order chi connectivity index (χ0) is 9.56. The van der Waals surface area contributed by atoms with E-state index in [1.54, 1.807) is 0 Å². The Morgan fingerprint density at radius 2 is 2.33 bits per heavy atom. The van der Waals surface area contributed by atoms with Crippen LogP contribution in [0.4, 0.5) is 0 Å². The first kappa shape index (κ1) is 10.9. The molecular weight excluding hydrogens is 156 g/mol. The van der Waals surface area contributed by atoms with E-state index in [2.05, 4.69) is 11.4 Å². The molecule has 0 radical (unpaired) electrons. The highest BCUT2D eigenvalue weighted by molar-refractivity contribution is 5.73. The number of methoxy groups -OCH3 is 1. The van der Waals surface area contributed by atoms with E-state index in [1.807, 2.05) is 6.92 Å². The second-order valence-electron chi connectivity index (χ2n) is 2.50. The number of carbonyl (C=O) groups is 1. The maximum Gasteiger partial charge on any atom is 0.218 e.